The van der Waals surface area contributed by atoms with E-state index in [2.05, 4.69) is 26.0 Å². The Kier molecular flexibility index (Phi) is 6.92. The number of anilines is 2. The van der Waals surface area contributed by atoms with Crippen molar-refractivity contribution in [2.75, 3.05) is 43.4 Å². The zero-order valence-corrected chi connectivity index (χ0v) is 19.5. The van der Waals surface area contributed by atoms with Gasteiger partial charge in [-0.2, -0.15) is 5.10 Å². The average molecular weight is 486 g/mol. The highest BCUT2D eigenvalue weighted by Crippen LogP contribution is 2.33. The van der Waals surface area contributed by atoms with Crippen LogP contribution >= 0.6 is 11.8 Å². The molecule has 4 rings (SSSR count). The van der Waals surface area contributed by atoms with Crippen molar-refractivity contribution in [1.29, 1.82) is 0 Å². The predicted octanol–water partition coefficient (Wildman–Crippen LogP) is 2.30. The molecule has 0 bridgehead atoms. The number of fused-ring (bicyclic) bond motifs is 1. The van der Waals surface area contributed by atoms with Crippen LogP contribution in [0.25, 0.3) is 0 Å². The van der Waals surface area contributed by atoms with Gasteiger partial charge >= 0.3 is 0 Å². The molecule has 2 aromatic carbocycles. The zero-order chi connectivity index (χ0) is 24.1. The number of rotatable bonds is 9. The van der Waals surface area contributed by atoms with Crippen LogP contribution in [0.3, 0.4) is 0 Å². The molecular formula is C21H23N7O5S. The molecule has 3 aromatic rings. The highest BCUT2D eigenvalue weighted by atomic mass is 32.2. The highest BCUT2D eigenvalue weighted by molar-refractivity contribution is 7.99. The number of benzene rings is 2. The molecule has 1 amide bonds. The Morgan fingerprint density at radius 1 is 1.18 bits per heavy atom. The van der Waals surface area contributed by atoms with E-state index in [0.717, 1.165) is 17.3 Å². The lowest BCUT2D eigenvalue weighted by atomic mass is 10.1. The van der Waals surface area contributed by atoms with E-state index in [1.165, 1.54) is 11.8 Å². The van der Waals surface area contributed by atoms with Crippen molar-refractivity contribution in [2.45, 2.75) is 12.1 Å². The smallest absolute Gasteiger partial charge is 0.264 e. The lowest BCUT2D eigenvalue weighted by Gasteiger charge is -2.11. The van der Waals surface area contributed by atoms with Gasteiger partial charge in [0.05, 0.1) is 31.4 Å². The Hall–Kier alpha value is -4.13. The summed E-state index contributed by atoms with van der Waals surface area (Å²) in [6.45, 7) is 2.03. The molecule has 0 radical (unpaired) electrons. The van der Waals surface area contributed by atoms with Gasteiger partial charge in [-0.05, 0) is 37.3 Å². The normalized spacial score (nSPS) is 12.4. The van der Waals surface area contributed by atoms with Crippen molar-refractivity contribution in [3.63, 3.8) is 0 Å². The molecule has 0 fully saturated rings. The number of nitrogens with one attached hydrogen (secondary N) is 2. The number of thioether (sulfide) groups is 1. The van der Waals surface area contributed by atoms with Crippen LogP contribution in [0.4, 0.5) is 11.6 Å². The molecule has 178 valence electrons. The van der Waals surface area contributed by atoms with Crippen LogP contribution in [-0.2, 0) is 4.79 Å². The fourth-order valence-electron chi connectivity index (χ4n) is 3.00. The van der Waals surface area contributed by atoms with Crippen molar-refractivity contribution < 1.29 is 23.7 Å². The molecule has 1 aliphatic heterocycles. The molecule has 34 heavy (non-hydrogen) atoms. The number of hydrazone groups is 1. The third-order valence-corrected chi connectivity index (χ3v) is 5.73. The minimum atomic E-state index is -0.272. The number of carbonyl (C=O) groups is 1. The summed E-state index contributed by atoms with van der Waals surface area (Å²) in [5.41, 5.74) is 4.82. The van der Waals surface area contributed by atoms with E-state index in [1.807, 2.05) is 25.1 Å². The second-order valence-electron chi connectivity index (χ2n) is 6.96. The molecule has 0 spiro atoms. The molecule has 0 saturated heterocycles. The summed E-state index contributed by atoms with van der Waals surface area (Å²) in [6, 6.07) is 10.7. The van der Waals surface area contributed by atoms with Gasteiger partial charge in [0.2, 0.25) is 17.9 Å². The number of methoxy groups -OCH3 is 2. The summed E-state index contributed by atoms with van der Waals surface area (Å²) in [5, 5.41) is 15.4. The molecule has 0 atom stereocenters. The van der Waals surface area contributed by atoms with Gasteiger partial charge in [0.15, 0.2) is 11.5 Å². The summed E-state index contributed by atoms with van der Waals surface area (Å²) in [7, 11) is 3.07. The standard InChI is InChI=1S/C21H23N7O5S/c1-12(13-4-6-17-18(8-13)33-11-32-17)24-25-20-26-27-21(28(20)22)34-10-19(29)23-15-9-14(30-2)5-7-16(15)31-3/h4-9H,10-11,22H2,1-3H3,(H,23,29)(H,25,26)/b24-12+. The van der Waals surface area contributed by atoms with Crippen molar-refractivity contribution in [3.8, 4) is 23.0 Å². The SMILES string of the molecule is COc1ccc(OC)c(NC(=O)CSc2nnc(N/N=C(\C)c3ccc4c(c3)OCO4)n2N)c1. The highest BCUT2D eigenvalue weighted by Gasteiger charge is 2.16. The number of hydrogen-bond donors (Lipinski definition) is 3. The van der Waals surface area contributed by atoms with E-state index in [4.69, 9.17) is 24.8 Å². The van der Waals surface area contributed by atoms with Crippen molar-refractivity contribution >= 4 is 35.0 Å². The van der Waals surface area contributed by atoms with Crippen LogP contribution in [0.5, 0.6) is 23.0 Å². The van der Waals surface area contributed by atoms with E-state index in [-0.39, 0.29) is 24.4 Å². The second-order valence-corrected chi connectivity index (χ2v) is 7.90. The molecule has 2 heterocycles. The van der Waals surface area contributed by atoms with Gasteiger partial charge in [-0.3, -0.25) is 4.79 Å². The van der Waals surface area contributed by atoms with Crippen LogP contribution in [-0.4, -0.2) is 53.3 Å². The maximum Gasteiger partial charge on any atom is 0.264 e. The van der Waals surface area contributed by atoms with E-state index in [1.54, 1.807) is 25.3 Å². The van der Waals surface area contributed by atoms with E-state index in [9.17, 15) is 4.79 Å². The summed E-state index contributed by atoms with van der Waals surface area (Å²) in [6.07, 6.45) is 0. The quantitative estimate of drug-likeness (QED) is 0.178. The Morgan fingerprint density at radius 2 is 2.00 bits per heavy atom. The Morgan fingerprint density at radius 3 is 2.79 bits per heavy atom. The first kappa shape index (κ1) is 23.0. The number of aromatic nitrogens is 3. The summed E-state index contributed by atoms with van der Waals surface area (Å²) in [4.78, 5) is 12.4. The van der Waals surface area contributed by atoms with Gasteiger partial charge < -0.3 is 30.1 Å². The lowest BCUT2D eigenvalue weighted by molar-refractivity contribution is -0.113. The maximum absolute atomic E-state index is 12.4. The van der Waals surface area contributed by atoms with Crippen LogP contribution in [0, 0.1) is 0 Å². The minimum absolute atomic E-state index is 0.0508. The van der Waals surface area contributed by atoms with Gasteiger partial charge in [0.1, 0.15) is 11.5 Å². The number of hydrogen-bond acceptors (Lipinski definition) is 11. The predicted molar refractivity (Wildman–Crippen MR) is 127 cm³/mol. The van der Waals surface area contributed by atoms with Crippen LogP contribution in [0.1, 0.15) is 12.5 Å². The first-order chi connectivity index (χ1) is 16.5. The minimum Gasteiger partial charge on any atom is -0.497 e. The number of carbonyl (C=O) groups excluding carboxylic acids is 1. The summed E-state index contributed by atoms with van der Waals surface area (Å²) < 4.78 is 22.4. The Balaban J connectivity index is 1.35. The fraction of sp³-hybridized carbons (Fsp3) is 0.238. The largest absolute Gasteiger partial charge is 0.497 e. The van der Waals surface area contributed by atoms with E-state index < -0.39 is 0 Å². The number of nitrogen functional groups attached to an aromatic ring is 1. The molecule has 0 unspecified atom stereocenters. The van der Waals surface area contributed by atoms with E-state index in [0.29, 0.717) is 39.6 Å². The van der Waals surface area contributed by atoms with Gasteiger partial charge in [-0.25, -0.2) is 10.1 Å². The number of ether oxygens (including phenoxy) is 4. The molecule has 1 aromatic heterocycles. The van der Waals surface area contributed by atoms with Gasteiger partial charge in [-0.1, -0.05) is 11.8 Å². The average Bonchev–Trinajstić information content (AvgIpc) is 3.46. The zero-order valence-electron chi connectivity index (χ0n) is 18.7. The van der Waals surface area contributed by atoms with E-state index >= 15 is 0 Å². The molecule has 13 heteroatoms. The maximum atomic E-state index is 12.4. The van der Waals surface area contributed by atoms with Crippen LogP contribution in [0.15, 0.2) is 46.7 Å². The molecule has 12 nitrogen and oxygen atoms in total. The fourth-order valence-corrected chi connectivity index (χ4v) is 3.66. The molecule has 0 aliphatic carbocycles. The third kappa shape index (κ3) is 5.09. The number of nitrogens with two attached hydrogens (primary N) is 1. The van der Waals surface area contributed by atoms with Gasteiger partial charge in [0.25, 0.3) is 5.95 Å². The van der Waals surface area contributed by atoms with Crippen molar-refractivity contribution in [2.24, 2.45) is 5.10 Å². The number of amides is 1. The first-order valence-corrected chi connectivity index (χ1v) is 11.0. The van der Waals surface area contributed by atoms with Crippen LogP contribution < -0.4 is 35.5 Å². The monoisotopic (exact) mass is 485 g/mol. The van der Waals surface area contributed by atoms with Crippen molar-refractivity contribution in [3.05, 3.63) is 42.0 Å². The van der Waals surface area contributed by atoms with Crippen molar-refractivity contribution in [1.82, 2.24) is 14.9 Å². The van der Waals surface area contributed by atoms with Crippen LogP contribution in [0.2, 0.25) is 0 Å². The molecule has 4 N–H and O–H groups in total. The number of nitrogens with zero attached hydrogens (tertiary/aromatic N) is 4. The molecule has 0 saturated carbocycles. The summed E-state index contributed by atoms with van der Waals surface area (Å²) in [5.74, 6) is 8.53. The van der Waals surface area contributed by atoms with Gasteiger partial charge in [-0.15, -0.1) is 10.2 Å². The Labute approximate surface area is 199 Å². The van der Waals surface area contributed by atoms with Gasteiger partial charge in [0, 0.05) is 11.6 Å². The topological polar surface area (TPSA) is 147 Å². The summed E-state index contributed by atoms with van der Waals surface area (Å²) >= 11 is 1.12. The first-order valence-electron chi connectivity index (χ1n) is 10.0. The second kappa shape index (κ2) is 10.2. The molecule has 1 aliphatic rings. The Bertz CT molecular complexity index is 1230. The third-order valence-electron chi connectivity index (χ3n) is 4.79. The lowest BCUT2D eigenvalue weighted by Crippen LogP contribution is -2.17. The molecular weight excluding hydrogens is 462 g/mol.